The summed E-state index contributed by atoms with van der Waals surface area (Å²) in [7, 11) is 0. The van der Waals surface area contributed by atoms with E-state index in [9.17, 15) is 9.59 Å². The van der Waals surface area contributed by atoms with E-state index in [2.05, 4.69) is 4.74 Å². The zero-order valence-corrected chi connectivity index (χ0v) is 9.78. The molecule has 0 bridgehead atoms. The molecular formula is C9H5Cl3O3. The molecule has 0 aromatic heterocycles. The van der Waals surface area contributed by atoms with Crippen molar-refractivity contribution in [3.05, 3.63) is 27.2 Å². The second-order valence-electron chi connectivity index (χ2n) is 2.64. The zero-order valence-electron chi connectivity index (χ0n) is 7.51. The van der Waals surface area contributed by atoms with Gasteiger partial charge >= 0.3 is 5.97 Å². The van der Waals surface area contributed by atoms with Crippen molar-refractivity contribution in [2.45, 2.75) is 6.92 Å². The third kappa shape index (κ3) is 3.09. The van der Waals surface area contributed by atoms with Gasteiger partial charge in [0.15, 0.2) is 5.75 Å². The fraction of sp³-hybridized carbons (Fsp3) is 0.111. The summed E-state index contributed by atoms with van der Waals surface area (Å²) in [6.07, 6.45) is 0. The molecular weight excluding hydrogens is 262 g/mol. The van der Waals surface area contributed by atoms with Crippen molar-refractivity contribution in [1.29, 1.82) is 0 Å². The molecule has 0 aliphatic carbocycles. The molecule has 0 atom stereocenters. The van der Waals surface area contributed by atoms with Crippen LogP contribution >= 0.6 is 34.8 Å². The molecule has 0 N–H and O–H groups in total. The Morgan fingerprint density at radius 1 is 1.13 bits per heavy atom. The van der Waals surface area contributed by atoms with E-state index in [0.29, 0.717) is 5.02 Å². The highest BCUT2D eigenvalue weighted by Crippen LogP contribution is 2.35. The van der Waals surface area contributed by atoms with Crippen LogP contribution in [0, 0.1) is 0 Å². The lowest BCUT2D eigenvalue weighted by molar-refractivity contribution is -0.146. The van der Waals surface area contributed by atoms with Crippen LogP contribution in [0.15, 0.2) is 12.1 Å². The number of carbonyl (C=O) groups excluding carboxylic acids is 2. The summed E-state index contributed by atoms with van der Waals surface area (Å²) in [5.74, 6) is -1.83. The van der Waals surface area contributed by atoms with Gasteiger partial charge < -0.3 is 4.74 Å². The van der Waals surface area contributed by atoms with Crippen molar-refractivity contribution in [1.82, 2.24) is 0 Å². The second-order valence-corrected chi connectivity index (χ2v) is 3.90. The maximum Gasteiger partial charge on any atom is 0.379 e. The molecule has 0 radical (unpaired) electrons. The molecule has 6 heteroatoms. The number of hydrogen-bond donors (Lipinski definition) is 0. The highest BCUT2D eigenvalue weighted by molar-refractivity contribution is 6.41. The smallest absolute Gasteiger partial charge is 0.379 e. The van der Waals surface area contributed by atoms with Gasteiger partial charge in [-0.1, -0.05) is 34.8 Å². The molecule has 1 aromatic carbocycles. The third-order valence-corrected chi connectivity index (χ3v) is 2.22. The molecule has 0 spiro atoms. The maximum atomic E-state index is 11.0. The zero-order chi connectivity index (χ0) is 11.6. The second kappa shape index (κ2) is 4.84. The first kappa shape index (κ1) is 12.3. The Hall–Kier alpha value is -0.770. The van der Waals surface area contributed by atoms with E-state index in [-0.39, 0.29) is 15.8 Å². The average Bonchev–Trinajstić information content (AvgIpc) is 2.10. The van der Waals surface area contributed by atoms with E-state index in [1.54, 1.807) is 0 Å². The number of carbonyl (C=O) groups is 2. The Morgan fingerprint density at radius 3 is 2.00 bits per heavy atom. The standard InChI is InChI=1S/C9H5Cl3O3/c1-4(13)9(14)15-8-6(11)2-5(10)3-7(8)12/h2-3H,1H3. The highest BCUT2D eigenvalue weighted by Gasteiger charge is 2.16. The van der Waals surface area contributed by atoms with Gasteiger partial charge in [0, 0.05) is 11.9 Å². The summed E-state index contributed by atoms with van der Waals surface area (Å²) in [6, 6.07) is 2.72. The molecule has 0 fully saturated rings. The molecule has 0 unspecified atom stereocenters. The lowest BCUT2D eigenvalue weighted by atomic mass is 10.3. The van der Waals surface area contributed by atoms with Crippen LogP contribution in [-0.4, -0.2) is 11.8 Å². The molecule has 3 nitrogen and oxygen atoms in total. The van der Waals surface area contributed by atoms with E-state index < -0.39 is 11.8 Å². The predicted molar refractivity (Wildman–Crippen MR) is 57.8 cm³/mol. The van der Waals surface area contributed by atoms with Crippen LogP contribution in [0.1, 0.15) is 6.92 Å². The van der Waals surface area contributed by atoms with Gasteiger partial charge in [0.05, 0.1) is 10.0 Å². The van der Waals surface area contributed by atoms with Crippen LogP contribution in [0.3, 0.4) is 0 Å². The van der Waals surface area contributed by atoms with Crippen LogP contribution in [-0.2, 0) is 9.59 Å². The van der Waals surface area contributed by atoms with Gasteiger partial charge in [0.1, 0.15) is 0 Å². The van der Waals surface area contributed by atoms with E-state index in [0.717, 1.165) is 6.92 Å². The minimum atomic E-state index is -1.03. The van der Waals surface area contributed by atoms with Crippen molar-refractivity contribution in [3.8, 4) is 5.75 Å². The molecule has 1 rings (SSSR count). The van der Waals surface area contributed by atoms with Crippen LogP contribution < -0.4 is 4.74 Å². The van der Waals surface area contributed by atoms with Crippen LogP contribution in [0.4, 0.5) is 0 Å². The summed E-state index contributed by atoms with van der Waals surface area (Å²) in [5.41, 5.74) is 0. The van der Waals surface area contributed by atoms with E-state index in [1.165, 1.54) is 12.1 Å². The monoisotopic (exact) mass is 266 g/mol. The Balaban J connectivity index is 3.05. The number of halogens is 3. The number of hydrogen-bond acceptors (Lipinski definition) is 3. The fourth-order valence-electron chi connectivity index (χ4n) is 0.791. The molecule has 0 aliphatic rings. The van der Waals surface area contributed by atoms with Gasteiger partial charge in [0.25, 0.3) is 0 Å². The summed E-state index contributed by atoms with van der Waals surface area (Å²) in [6.45, 7) is 1.08. The van der Waals surface area contributed by atoms with Gasteiger partial charge in [-0.3, -0.25) is 4.79 Å². The minimum absolute atomic E-state index is 0.0667. The lowest BCUT2D eigenvalue weighted by Gasteiger charge is -2.06. The summed E-state index contributed by atoms with van der Waals surface area (Å²) in [4.78, 5) is 21.6. The Morgan fingerprint density at radius 2 is 1.60 bits per heavy atom. The van der Waals surface area contributed by atoms with E-state index >= 15 is 0 Å². The van der Waals surface area contributed by atoms with Gasteiger partial charge in [-0.05, 0) is 12.1 Å². The predicted octanol–water partition coefficient (Wildman–Crippen LogP) is 3.14. The first-order valence-corrected chi connectivity index (χ1v) is 4.92. The highest BCUT2D eigenvalue weighted by atomic mass is 35.5. The number of benzene rings is 1. The van der Waals surface area contributed by atoms with E-state index in [1.807, 2.05) is 0 Å². The largest absolute Gasteiger partial charge is 0.418 e. The lowest BCUT2D eigenvalue weighted by Crippen LogP contribution is -2.17. The van der Waals surface area contributed by atoms with Crippen molar-refractivity contribution >= 4 is 46.6 Å². The average molecular weight is 267 g/mol. The third-order valence-electron chi connectivity index (χ3n) is 1.45. The SMILES string of the molecule is CC(=O)C(=O)Oc1c(Cl)cc(Cl)cc1Cl. The molecule has 0 amide bonds. The van der Waals surface area contributed by atoms with Gasteiger partial charge in [-0.15, -0.1) is 0 Å². The topological polar surface area (TPSA) is 43.4 Å². The molecule has 0 saturated carbocycles. The maximum absolute atomic E-state index is 11.0. The van der Waals surface area contributed by atoms with Gasteiger partial charge in [-0.25, -0.2) is 4.79 Å². The number of Topliss-reactive ketones (excluding diaryl/α,β-unsaturated/α-hetero) is 1. The van der Waals surface area contributed by atoms with Gasteiger partial charge in [-0.2, -0.15) is 0 Å². The first-order valence-electron chi connectivity index (χ1n) is 3.79. The molecule has 80 valence electrons. The van der Waals surface area contributed by atoms with Gasteiger partial charge in [0.2, 0.25) is 5.78 Å². The Bertz CT molecular complexity index is 406. The summed E-state index contributed by atoms with van der Waals surface area (Å²) in [5, 5.41) is 0.455. The van der Waals surface area contributed by atoms with Crippen molar-refractivity contribution in [3.63, 3.8) is 0 Å². The molecule has 0 saturated heterocycles. The van der Waals surface area contributed by atoms with E-state index in [4.69, 9.17) is 34.8 Å². The molecule has 0 heterocycles. The Kier molecular flexibility index (Phi) is 3.97. The Labute approximate surface area is 101 Å². The fourth-order valence-corrected chi connectivity index (χ4v) is 1.69. The quantitative estimate of drug-likeness (QED) is 0.470. The van der Waals surface area contributed by atoms with Crippen LogP contribution in [0.25, 0.3) is 0 Å². The number of rotatable bonds is 2. The number of ketones is 1. The summed E-state index contributed by atoms with van der Waals surface area (Å²) < 4.78 is 4.68. The van der Waals surface area contributed by atoms with Crippen molar-refractivity contribution in [2.24, 2.45) is 0 Å². The molecule has 1 aromatic rings. The van der Waals surface area contributed by atoms with Crippen LogP contribution in [0.2, 0.25) is 15.1 Å². The van der Waals surface area contributed by atoms with Crippen molar-refractivity contribution in [2.75, 3.05) is 0 Å². The molecule has 15 heavy (non-hydrogen) atoms. The number of esters is 1. The minimum Gasteiger partial charge on any atom is -0.418 e. The summed E-state index contributed by atoms with van der Waals surface area (Å²) >= 11 is 17.1. The molecule has 0 aliphatic heterocycles. The normalized spacial score (nSPS) is 9.87. The number of ether oxygens (including phenoxy) is 1. The van der Waals surface area contributed by atoms with Crippen molar-refractivity contribution < 1.29 is 14.3 Å². The first-order chi connectivity index (χ1) is 6.91. The van der Waals surface area contributed by atoms with Crippen LogP contribution in [0.5, 0.6) is 5.75 Å².